The first kappa shape index (κ1) is 25.6. The Labute approximate surface area is 280 Å². The Kier molecular flexibility index (Phi) is 4.77. The van der Waals surface area contributed by atoms with Crippen LogP contribution in [0.1, 0.15) is 0 Å². The third-order valence-electron chi connectivity index (χ3n) is 10.2. The zero-order valence-corrected chi connectivity index (χ0v) is 26.5. The summed E-state index contributed by atoms with van der Waals surface area (Å²) in [7, 11) is 0. The normalized spacial score (nSPS) is 12.5. The first-order valence-electron chi connectivity index (χ1n) is 16.3. The summed E-state index contributed by atoms with van der Waals surface area (Å²) < 4.78 is 27.8. The molecule has 0 aliphatic heterocycles. The van der Waals surface area contributed by atoms with E-state index in [9.17, 15) is 0 Å². The lowest BCUT2D eigenvalue weighted by atomic mass is 10.1. The molecule has 0 saturated carbocycles. The van der Waals surface area contributed by atoms with Gasteiger partial charge in [-0.3, -0.25) is 0 Å². The maximum atomic E-state index is 6.63. The van der Waals surface area contributed by atoms with Crippen molar-refractivity contribution in [1.82, 2.24) is 17.9 Å². The quantitative estimate of drug-likeness (QED) is 0.187. The fraction of sp³-hybridized carbons (Fsp3) is 0. The fourth-order valence-electron chi connectivity index (χ4n) is 8.16. The van der Waals surface area contributed by atoms with Gasteiger partial charge in [0, 0.05) is 43.1 Å². The van der Waals surface area contributed by atoms with Crippen molar-refractivity contribution in [3.63, 3.8) is 0 Å². The van der Waals surface area contributed by atoms with E-state index in [2.05, 4.69) is 118 Å². The van der Waals surface area contributed by atoms with Gasteiger partial charge >= 0.3 is 0 Å². The maximum Gasteiger partial charge on any atom is 0.160 e. The van der Waals surface area contributed by atoms with Gasteiger partial charge in [0.15, 0.2) is 11.2 Å². The molecule has 0 N–H and O–H groups in total. The summed E-state index contributed by atoms with van der Waals surface area (Å²) in [4.78, 5) is 0. The van der Waals surface area contributed by atoms with E-state index in [4.69, 9.17) is 17.6 Å². The number of hydrogen-bond donors (Lipinski definition) is 0. The molecule has 0 radical (unpaired) electrons. The Morgan fingerprint density at radius 3 is 1.29 bits per heavy atom. The average Bonchev–Trinajstić information content (AvgIpc) is 3.97. The highest BCUT2D eigenvalue weighted by molar-refractivity contribution is 7.00. The molecule has 0 saturated heterocycles. The molecule has 5 heterocycles. The molecular weight excluding hydrogens is 625 g/mol. The standard InChI is InChI=1S/C42H22N4O2S/c1-5-13-31-23(9-1)27-17-19-29-25-11-3-7-15-35(25)47-41(29)39(27)45(31)33-21-22-34(38-37(33)43-49-44-38)46-32-14-6-2-10-24(32)28-18-20-30-26-12-4-8-16-36(26)48-42(30)40(28)46/h1-22H. The first-order valence-corrected chi connectivity index (χ1v) is 17.0. The minimum Gasteiger partial charge on any atom is -0.454 e. The molecule has 0 spiro atoms. The van der Waals surface area contributed by atoms with Crippen LogP contribution in [0.2, 0.25) is 0 Å². The molecule has 7 aromatic carbocycles. The predicted molar refractivity (Wildman–Crippen MR) is 201 cm³/mol. The minimum atomic E-state index is 0.834. The molecule has 7 heteroatoms. The van der Waals surface area contributed by atoms with Crippen molar-refractivity contribution in [2.45, 2.75) is 0 Å². The van der Waals surface area contributed by atoms with Gasteiger partial charge in [-0.25, -0.2) is 0 Å². The Morgan fingerprint density at radius 1 is 0.388 bits per heavy atom. The molecule has 12 rings (SSSR count). The number of fused-ring (bicyclic) bond motifs is 15. The second-order valence-corrected chi connectivity index (χ2v) is 13.2. The van der Waals surface area contributed by atoms with E-state index in [1.807, 2.05) is 24.3 Å². The van der Waals surface area contributed by atoms with Gasteiger partial charge in [0.2, 0.25) is 0 Å². The number of benzene rings is 7. The van der Waals surface area contributed by atoms with E-state index < -0.39 is 0 Å². The number of para-hydroxylation sites is 4. The molecule has 6 nitrogen and oxygen atoms in total. The van der Waals surface area contributed by atoms with E-state index in [0.717, 1.165) is 110 Å². The average molecular weight is 647 g/mol. The zero-order chi connectivity index (χ0) is 31.8. The molecule has 0 atom stereocenters. The highest BCUT2D eigenvalue weighted by atomic mass is 32.1. The highest BCUT2D eigenvalue weighted by Gasteiger charge is 2.24. The van der Waals surface area contributed by atoms with Gasteiger partial charge in [-0.1, -0.05) is 84.9 Å². The van der Waals surface area contributed by atoms with Crippen LogP contribution in [-0.2, 0) is 0 Å². The lowest BCUT2D eigenvalue weighted by molar-refractivity contribution is 0.670. The zero-order valence-electron chi connectivity index (χ0n) is 25.7. The van der Waals surface area contributed by atoms with Crippen molar-refractivity contribution in [2.75, 3.05) is 0 Å². The Bertz CT molecular complexity index is 3130. The summed E-state index contributed by atoms with van der Waals surface area (Å²) in [5.41, 5.74) is 11.3. The molecule has 49 heavy (non-hydrogen) atoms. The number of rotatable bonds is 2. The minimum absolute atomic E-state index is 0.834. The van der Waals surface area contributed by atoms with Crippen LogP contribution in [0, 0.1) is 0 Å². The monoisotopic (exact) mass is 646 g/mol. The van der Waals surface area contributed by atoms with Crippen LogP contribution >= 0.6 is 11.7 Å². The summed E-state index contributed by atoms with van der Waals surface area (Å²) in [5, 5.41) is 9.00. The summed E-state index contributed by atoms with van der Waals surface area (Å²) in [6, 6.07) is 46.8. The van der Waals surface area contributed by atoms with E-state index in [-0.39, 0.29) is 0 Å². The largest absolute Gasteiger partial charge is 0.454 e. The third kappa shape index (κ3) is 3.20. The number of hydrogen-bond acceptors (Lipinski definition) is 5. The maximum absolute atomic E-state index is 6.63. The molecule has 0 aliphatic carbocycles. The number of nitrogens with zero attached hydrogens (tertiary/aromatic N) is 4. The third-order valence-corrected chi connectivity index (χ3v) is 10.7. The molecule has 228 valence electrons. The summed E-state index contributed by atoms with van der Waals surface area (Å²) in [6.45, 7) is 0. The molecule has 0 fully saturated rings. The smallest absolute Gasteiger partial charge is 0.160 e. The summed E-state index contributed by atoms with van der Waals surface area (Å²) in [6.07, 6.45) is 0. The Balaban J connectivity index is 1.21. The summed E-state index contributed by atoms with van der Waals surface area (Å²) >= 11 is 1.24. The van der Waals surface area contributed by atoms with Crippen molar-refractivity contribution in [3.8, 4) is 11.4 Å². The first-order chi connectivity index (χ1) is 24.3. The SMILES string of the molecule is c1ccc2c(c1)oc1c2ccc2c3ccccc3n(-c3ccc(-n4c5ccccc5c5ccc6c7ccccc7oc6c54)c4nsnc34)c21. The van der Waals surface area contributed by atoms with Gasteiger partial charge < -0.3 is 18.0 Å². The van der Waals surface area contributed by atoms with Gasteiger partial charge in [-0.05, 0) is 48.5 Å². The second kappa shape index (κ2) is 9.13. The van der Waals surface area contributed by atoms with E-state index >= 15 is 0 Å². The van der Waals surface area contributed by atoms with Crippen molar-refractivity contribution < 1.29 is 8.83 Å². The predicted octanol–water partition coefficient (Wildman–Crippen LogP) is 11.7. The van der Waals surface area contributed by atoms with Crippen molar-refractivity contribution in [3.05, 3.63) is 133 Å². The molecular formula is C42H22N4O2S. The van der Waals surface area contributed by atoms with Crippen LogP contribution in [0.4, 0.5) is 0 Å². The number of aromatic nitrogens is 4. The van der Waals surface area contributed by atoms with Crippen LogP contribution in [-0.4, -0.2) is 17.9 Å². The molecule has 0 bridgehead atoms. The van der Waals surface area contributed by atoms with Crippen LogP contribution in [0.25, 0.3) is 110 Å². The van der Waals surface area contributed by atoms with E-state index in [0.29, 0.717) is 0 Å². The topological polar surface area (TPSA) is 61.9 Å². The molecule has 5 aromatic heterocycles. The fourth-order valence-corrected chi connectivity index (χ4v) is 8.73. The van der Waals surface area contributed by atoms with Crippen LogP contribution < -0.4 is 0 Å². The van der Waals surface area contributed by atoms with Crippen LogP contribution in [0.15, 0.2) is 142 Å². The molecule has 0 unspecified atom stereocenters. The lowest BCUT2D eigenvalue weighted by Gasteiger charge is -2.13. The lowest BCUT2D eigenvalue weighted by Crippen LogP contribution is -2.00. The van der Waals surface area contributed by atoms with Crippen LogP contribution in [0.5, 0.6) is 0 Å². The van der Waals surface area contributed by atoms with E-state index in [1.165, 1.54) is 11.7 Å². The van der Waals surface area contributed by atoms with Gasteiger partial charge in [0.05, 0.1) is 45.2 Å². The Morgan fingerprint density at radius 2 is 0.796 bits per heavy atom. The van der Waals surface area contributed by atoms with Crippen LogP contribution in [0.3, 0.4) is 0 Å². The van der Waals surface area contributed by atoms with Gasteiger partial charge in [0.1, 0.15) is 22.2 Å². The summed E-state index contributed by atoms with van der Waals surface area (Å²) in [5.74, 6) is 0. The molecule has 0 amide bonds. The van der Waals surface area contributed by atoms with Gasteiger partial charge in [-0.15, -0.1) is 0 Å². The van der Waals surface area contributed by atoms with Gasteiger partial charge in [0.25, 0.3) is 0 Å². The Hall–Kier alpha value is -6.44. The van der Waals surface area contributed by atoms with Crippen molar-refractivity contribution >= 4 is 110 Å². The molecule has 0 aliphatic rings. The highest BCUT2D eigenvalue weighted by Crippen LogP contribution is 2.44. The van der Waals surface area contributed by atoms with Crippen molar-refractivity contribution in [1.29, 1.82) is 0 Å². The second-order valence-electron chi connectivity index (χ2n) is 12.6. The van der Waals surface area contributed by atoms with Crippen molar-refractivity contribution in [2.24, 2.45) is 0 Å². The number of furan rings is 2. The molecule has 12 aromatic rings. The van der Waals surface area contributed by atoms with E-state index in [1.54, 1.807) is 0 Å². The van der Waals surface area contributed by atoms with Gasteiger partial charge in [-0.2, -0.15) is 8.75 Å².